The van der Waals surface area contributed by atoms with Gasteiger partial charge in [0.25, 0.3) is 5.69 Å². The van der Waals surface area contributed by atoms with Crippen LogP contribution in [0.2, 0.25) is 5.02 Å². The molecule has 0 saturated heterocycles. The number of hydrogen-bond donors (Lipinski definition) is 1. The molecule has 0 aliphatic carbocycles. The van der Waals surface area contributed by atoms with E-state index < -0.39 is 20.5 Å². The number of rotatable bonds is 3. The quantitative estimate of drug-likeness (QED) is 0.684. The van der Waals surface area contributed by atoms with Crippen molar-refractivity contribution in [3.63, 3.8) is 0 Å². The normalized spacial score (nSPS) is 12.4. The molecular weight excluding hydrogens is 280 g/mol. The summed E-state index contributed by atoms with van der Waals surface area (Å²) in [5.74, 6) is 0. The van der Waals surface area contributed by atoms with Gasteiger partial charge in [0.1, 0.15) is 4.90 Å². The second kappa shape index (κ2) is 4.83. The number of sulfonamides is 1. The third-order valence-corrected chi connectivity index (χ3v) is 4.10. The lowest BCUT2D eigenvalue weighted by Gasteiger charge is -2.20. The van der Waals surface area contributed by atoms with Crippen LogP contribution in [0.1, 0.15) is 20.8 Å². The van der Waals surface area contributed by atoms with Gasteiger partial charge in [-0.1, -0.05) is 11.6 Å². The van der Waals surface area contributed by atoms with Crippen LogP contribution >= 0.6 is 11.6 Å². The van der Waals surface area contributed by atoms with E-state index in [0.29, 0.717) is 0 Å². The highest BCUT2D eigenvalue weighted by atomic mass is 35.5. The van der Waals surface area contributed by atoms with Crippen molar-refractivity contribution < 1.29 is 13.3 Å². The van der Waals surface area contributed by atoms with Gasteiger partial charge in [0.05, 0.1) is 9.95 Å². The highest BCUT2D eigenvalue weighted by Crippen LogP contribution is 2.26. The number of nitrogens with zero attached hydrogens (tertiary/aromatic N) is 1. The molecule has 0 saturated carbocycles. The average Bonchev–Trinajstić information content (AvgIpc) is 2.13. The number of halogens is 1. The Labute approximate surface area is 110 Å². The van der Waals surface area contributed by atoms with E-state index in [0.717, 1.165) is 12.1 Å². The minimum absolute atomic E-state index is 0.0580. The maximum Gasteiger partial charge on any atom is 0.270 e. The van der Waals surface area contributed by atoms with Crippen molar-refractivity contribution in [2.45, 2.75) is 31.2 Å². The van der Waals surface area contributed by atoms with Crippen LogP contribution in [-0.2, 0) is 10.0 Å². The highest BCUT2D eigenvalue weighted by molar-refractivity contribution is 7.89. The summed E-state index contributed by atoms with van der Waals surface area (Å²) in [6.07, 6.45) is 0. The molecule has 0 heterocycles. The third-order valence-electron chi connectivity index (χ3n) is 1.86. The Balaban J connectivity index is 3.32. The Morgan fingerprint density at radius 1 is 1.33 bits per heavy atom. The molecule has 1 N–H and O–H groups in total. The first kappa shape index (κ1) is 14.9. The Hall–Kier alpha value is -1.18. The van der Waals surface area contributed by atoms with E-state index in [4.69, 9.17) is 11.6 Å². The van der Waals surface area contributed by atoms with Crippen LogP contribution in [0.25, 0.3) is 0 Å². The molecule has 0 atom stereocenters. The van der Waals surface area contributed by atoms with E-state index in [-0.39, 0.29) is 15.6 Å². The molecule has 0 amide bonds. The van der Waals surface area contributed by atoms with Crippen LogP contribution in [-0.4, -0.2) is 18.9 Å². The van der Waals surface area contributed by atoms with Crippen LogP contribution in [0.5, 0.6) is 0 Å². The molecule has 0 aromatic heterocycles. The van der Waals surface area contributed by atoms with Crippen LogP contribution in [0.3, 0.4) is 0 Å². The monoisotopic (exact) mass is 292 g/mol. The smallest absolute Gasteiger partial charge is 0.258 e. The summed E-state index contributed by atoms with van der Waals surface area (Å²) in [6.45, 7) is 4.99. The SMILES string of the molecule is CC(C)(C)NS(=O)(=O)c1cc([N+](=O)[O-])ccc1Cl. The molecule has 0 fully saturated rings. The van der Waals surface area contributed by atoms with Gasteiger partial charge in [0.2, 0.25) is 10.0 Å². The lowest BCUT2D eigenvalue weighted by atomic mass is 10.1. The van der Waals surface area contributed by atoms with Gasteiger partial charge in [0.15, 0.2) is 0 Å². The van der Waals surface area contributed by atoms with Gasteiger partial charge in [-0.25, -0.2) is 13.1 Å². The van der Waals surface area contributed by atoms with Gasteiger partial charge in [-0.3, -0.25) is 10.1 Å². The molecule has 1 aromatic rings. The van der Waals surface area contributed by atoms with Crippen molar-refractivity contribution in [2.24, 2.45) is 0 Å². The van der Waals surface area contributed by atoms with Gasteiger partial charge in [-0.15, -0.1) is 0 Å². The van der Waals surface area contributed by atoms with Crippen LogP contribution in [0.15, 0.2) is 23.1 Å². The Kier molecular flexibility index (Phi) is 3.99. The number of benzene rings is 1. The molecule has 0 unspecified atom stereocenters. The molecule has 1 rings (SSSR count). The molecule has 0 bridgehead atoms. The zero-order valence-corrected chi connectivity index (χ0v) is 11.7. The minimum Gasteiger partial charge on any atom is -0.258 e. The van der Waals surface area contributed by atoms with Gasteiger partial charge >= 0.3 is 0 Å². The second-order valence-electron chi connectivity index (χ2n) is 4.73. The Morgan fingerprint density at radius 3 is 2.33 bits per heavy atom. The van der Waals surface area contributed by atoms with Gasteiger partial charge in [-0.05, 0) is 26.8 Å². The topological polar surface area (TPSA) is 89.3 Å². The summed E-state index contributed by atoms with van der Waals surface area (Å²) in [6, 6.07) is 3.28. The van der Waals surface area contributed by atoms with Crippen LogP contribution in [0, 0.1) is 10.1 Å². The lowest BCUT2D eigenvalue weighted by Crippen LogP contribution is -2.40. The Morgan fingerprint density at radius 2 is 1.89 bits per heavy atom. The number of nitro benzene ring substituents is 1. The maximum absolute atomic E-state index is 12.0. The van der Waals surface area contributed by atoms with E-state index >= 15 is 0 Å². The molecule has 0 aliphatic heterocycles. The second-order valence-corrected chi connectivity index (χ2v) is 6.79. The summed E-state index contributed by atoms with van der Waals surface area (Å²) >= 11 is 5.77. The van der Waals surface area contributed by atoms with E-state index in [2.05, 4.69) is 4.72 Å². The first-order valence-corrected chi connectivity index (χ1v) is 6.87. The number of hydrogen-bond acceptors (Lipinski definition) is 4. The standard InChI is InChI=1S/C10H13ClN2O4S/c1-10(2,3)12-18(16,17)9-6-7(13(14)15)4-5-8(9)11/h4-6,12H,1-3H3. The number of nitro groups is 1. The lowest BCUT2D eigenvalue weighted by molar-refractivity contribution is -0.385. The summed E-state index contributed by atoms with van der Waals surface area (Å²) in [7, 11) is -3.89. The molecule has 8 heteroatoms. The maximum atomic E-state index is 12.0. The van der Waals surface area contributed by atoms with E-state index in [1.54, 1.807) is 20.8 Å². The molecule has 6 nitrogen and oxygen atoms in total. The van der Waals surface area contributed by atoms with Crippen LogP contribution in [0.4, 0.5) is 5.69 Å². The molecule has 0 spiro atoms. The predicted octanol–water partition coefficient (Wildman–Crippen LogP) is 2.33. The van der Waals surface area contributed by atoms with Gasteiger partial charge in [-0.2, -0.15) is 0 Å². The van der Waals surface area contributed by atoms with Crippen molar-refractivity contribution in [1.82, 2.24) is 4.72 Å². The van der Waals surface area contributed by atoms with Gasteiger partial charge < -0.3 is 0 Å². The first-order chi connectivity index (χ1) is 8.03. The van der Waals surface area contributed by atoms with Crippen molar-refractivity contribution >= 4 is 27.3 Å². The fraction of sp³-hybridized carbons (Fsp3) is 0.400. The largest absolute Gasteiger partial charge is 0.270 e. The zero-order valence-electron chi connectivity index (χ0n) is 10.1. The van der Waals surface area contributed by atoms with E-state index in [1.807, 2.05) is 0 Å². The van der Waals surface area contributed by atoms with Crippen molar-refractivity contribution in [1.29, 1.82) is 0 Å². The predicted molar refractivity (Wildman–Crippen MR) is 68.2 cm³/mol. The molecule has 100 valence electrons. The van der Waals surface area contributed by atoms with E-state index in [1.165, 1.54) is 6.07 Å². The summed E-state index contributed by atoms with van der Waals surface area (Å²) in [5.41, 5.74) is -1.03. The fourth-order valence-electron chi connectivity index (χ4n) is 1.27. The van der Waals surface area contributed by atoms with E-state index in [9.17, 15) is 18.5 Å². The zero-order chi connectivity index (χ0) is 14.1. The number of nitrogens with one attached hydrogen (secondary N) is 1. The van der Waals surface area contributed by atoms with Gasteiger partial charge in [0, 0.05) is 17.7 Å². The first-order valence-electron chi connectivity index (χ1n) is 5.01. The molecular formula is C10H13ClN2O4S. The molecule has 0 aliphatic rings. The minimum atomic E-state index is -3.89. The van der Waals surface area contributed by atoms with Crippen molar-refractivity contribution in [3.8, 4) is 0 Å². The Bertz CT molecular complexity index is 578. The summed E-state index contributed by atoms with van der Waals surface area (Å²) < 4.78 is 26.4. The third kappa shape index (κ3) is 3.66. The highest BCUT2D eigenvalue weighted by Gasteiger charge is 2.26. The number of non-ortho nitro benzene ring substituents is 1. The molecule has 18 heavy (non-hydrogen) atoms. The van der Waals surface area contributed by atoms with Crippen molar-refractivity contribution in [3.05, 3.63) is 33.3 Å². The fourth-order valence-corrected chi connectivity index (χ4v) is 3.21. The molecule has 0 radical (unpaired) electrons. The summed E-state index contributed by atoms with van der Waals surface area (Å²) in [4.78, 5) is 9.65. The van der Waals surface area contributed by atoms with Crippen LogP contribution < -0.4 is 4.72 Å². The summed E-state index contributed by atoms with van der Waals surface area (Å²) in [5, 5.41) is 10.6. The molecule has 1 aromatic carbocycles. The van der Waals surface area contributed by atoms with Crippen molar-refractivity contribution in [2.75, 3.05) is 0 Å². The average molecular weight is 293 g/mol.